The van der Waals surface area contributed by atoms with Crippen LogP contribution in [0.1, 0.15) is 13.3 Å². The SMILES string of the molecule is CCCN1C=CN(C)C1.O=S(=O)(NS(=O)(=O)C(F)(F)F)C(F)(F)F. The highest BCUT2D eigenvalue weighted by molar-refractivity contribution is 8.05. The van der Waals surface area contributed by atoms with Crippen LogP contribution in [0.3, 0.4) is 0 Å². The number of halogens is 6. The maximum Gasteiger partial charge on any atom is 0.512 e. The summed E-state index contributed by atoms with van der Waals surface area (Å²) in [6.07, 6.45) is 5.48. The highest BCUT2D eigenvalue weighted by Crippen LogP contribution is 2.27. The van der Waals surface area contributed by atoms with Gasteiger partial charge >= 0.3 is 31.1 Å². The van der Waals surface area contributed by atoms with Crippen LogP contribution in [-0.2, 0) is 20.0 Å². The molecule has 24 heavy (non-hydrogen) atoms. The second-order valence-electron chi connectivity index (χ2n) is 4.49. The smallest absolute Gasteiger partial charge is 0.362 e. The summed E-state index contributed by atoms with van der Waals surface area (Å²) in [7, 11) is -11.1. The summed E-state index contributed by atoms with van der Waals surface area (Å²) in [6.45, 7) is 4.45. The van der Waals surface area contributed by atoms with Gasteiger partial charge in [-0.2, -0.15) is 26.3 Å². The Bertz CT molecular complexity index is 599. The zero-order valence-corrected chi connectivity index (χ0v) is 14.0. The van der Waals surface area contributed by atoms with E-state index >= 15 is 0 Å². The lowest BCUT2D eigenvalue weighted by Gasteiger charge is -2.16. The first kappa shape index (κ1) is 22.8. The fraction of sp³-hybridized carbons (Fsp3) is 0.778. The Morgan fingerprint density at radius 3 is 1.62 bits per heavy atom. The Morgan fingerprint density at radius 1 is 0.958 bits per heavy atom. The molecule has 0 saturated carbocycles. The van der Waals surface area contributed by atoms with E-state index < -0.39 is 35.2 Å². The van der Waals surface area contributed by atoms with Gasteiger partial charge in [-0.3, -0.25) is 0 Å². The summed E-state index contributed by atoms with van der Waals surface area (Å²) in [5.74, 6) is 0. The van der Waals surface area contributed by atoms with Gasteiger partial charge in [-0.05, 0) is 6.42 Å². The Balaban J connectivity index is 0.000000496. The molecule has 1 aliphatic rings. The lowest BCUT2D eigenvalue weighted by molar-refractivity contribution is -0.0476. The first-order chi connectivity index (χ1) is 10.5. The summed E-state index contributed by atoms with van der Waals surface area (Å²) in [5, 5.41) is 0. The summed E-state index contributed by atoms with van der Waals surface area (Å²) in [4.78, 5) is 4.48. The van der Waals surface area contributed by atoms with Gasteiger partial charge in [0.15, 0.2) is 0 Å². The molecule has 144 valence electrons. The quantitative estimate of drug-likeness (QED) is 0.708. The van der Waals surface area contributed by atoms with Gasteiger partial charge in [0.05, 0.1) is 6.67 Å². The first-order valence-corrected chi connectivity index (χ1v) is 9.04. The van der Waals surface area contributed by atoms with Crippen LogP contribution in [0.15, 0.2) is 12.4 Å². The highest BCUT2D eigenvalue weighted by atomic mass is 32.3. The van der Waals surface area contributed by atoms with Gasteiger partial charge in [-0.25, -0.2) is 16.8 Å². The molecule has 0 aliphatic carbocycles. The van der Waals surface area contributed by atoms with Crippen LogP contribution >= 0.6 is 0 Å². The zero-order chi connectivity index (χ0) is 19.4. The number of alkyl halides is 6. The molecule has 15 heteroatoms. The third kappa shape index (κ3) is 6.72. The average Bonchev–Trinajstić information content (AvgIpc) is 2.72. The van der Waals surface area contributed by atoms with Gasteiger partial charge in [0.2, 0.25) is 0 Å². The fourth-order valence-corrected chi connectivity index (χ4v) is 3.17. The maximum absolute atomic E-state index is 11.5. The van der Waals surface area contributed by atoms with E-state index in [0.29, 0.717) is 0 Å². The predicted octanol–water partition coefficient (Wildman–Crippen LogP) is 1.35. The third-order valence-electron chi connectivity index (χ3n) is 2.28. The minimum atomic E-state index is -6.60. The molecule has 0 unspecified atom stereocenters. The molecule has 0 amide bonds. The lowest BCUT2D eigenvalue weighted by Crippen LogP contribution is -2.45. The molecule has 0 atom stereocenters. The van der Waals surface area contributed by atoms with Crippen LogP contribution in [0.4, 0.5) is 26.3 Å². The van der Waals surface area contributed by atoms with Crippen LogP contribution in [0.2, 0.25) is 0 Å². The second kappa shape index (κ2) is 7.77. The monoisotopic (exact) mass is 407 g/mol. The second-order valence-corrected chi connectivity index (χ2v) is 8.10. The molecule has 1 aliphatic heterocycles. The van der Waals surface area contributed by atoms with Gasteiger partial charge in [0.25, 0.3) is 0 Å². The summed E-state index contributed by atoms with van der Waals surface area (Å²) in [6, 6.07) is 0. The Labute approximate surface area is 135 Å². The number of rotatable bonds is 4. The molecule has 1 N–H and O–H groups in total. The zero-order valence-electron chi connectivity index (χ0n) is 12.4. The number of nitrogens with one attached hydrogen (secondary N) is 1. The van der Waals surface area contributed by atoms with E-state index in [1.54, 1.807) is 0 Å². The molecular weight excluding hydrogens is 392 g/mol. The molecule has 0 fully saturated rings. The van der Waals surface area contributed by atoms with Crippen molar-refractivity contribution in [3.05, 3.63) is 12.4 Å². The van der Waals surface area contributed by atoms with Gasteiger partial charge in [0, 0.05) is 26.0 Å². The van der Waals surface area contributed by atoms with Gasteiger partial charge in [-0.15, -0.1) is 0 Å². The van der Waals surface area contributed by atoms with Crippen molar-refractivity contribution >= 4 is 20.0 Å². The van der Waals surface area contributed by atoms with Crippen molar-refractivity contribution in [3.63, 3.8) is 0 Å². The number of hydrogen-bond acceptors (Lipinski definition) is 6. The van der Waals surface area contributed by atoms with Gasteiger partial charge < -0.3 is 9.80 Å². The fourth-order valence-electron chi connectivity index (χ4n) is 1.26. The Morgan fingerprint density at radius 2 is 1.38 bits per heavy atom. The van der Waals surface area contributed by atoms with Crippen LogP contribution in [-0.4, -0.2) is 57.9 Å². The highest BCUT2D eigenvalue weighted by Gasteiger charge is 2.55. The van der Waals surface area contributed by atoms with Crippen molar-refractivity contribution in [2.45, 2.75) is 24.4 Å². The largest absolute Gasteiger partial charge is 0.512 e. The van der Waals surface area contributed by atoms with E-state index in [4.69, 9.17) is 0 Å². The van der Waals surface area contributed by atoms with Crippen LogP contribution in [0.25, 0.3) is 0 Å². The van der Waals surface area contributed by atoms with Crippen LogP contribution in [0.5, 0.6) is 0 Å². The van der Waals surface area contributed by atoms with Gasteiger partial charge in [0.1, 0.15) is 0 Å². The average molecular weight is 407 g/mol. The molecular formula is C9H15F6N3O4S2. The molecule has 7 nitrogen and oxygen atoms in total. The van der Waals surface area contributed by atoms with Crippen molar-refractivity contribution in [3.8, 4) is 0 Å². The minimum Gasteiger partial charge on any atom is -0.362 e. The molecule has 1 rings (SSSR count). The summed E-state index contributed by atoms with van der Waals surface area (Å²) in [5.41, 5.74) is -12.3. The van der Waals surface area contributed by atoms with E-state index in [1.807, 2.05) is 0 Å². The first-order valence-electron chi connectivity index (χ1n) is 6.07. The summed E-state index contributed by atoms with van der Waals surface area (Å²) < 4.78 is 108. The molecule has 0 bridgehead atoms. The minimum absolute atomic E-state index is 0.493. The number of hydrogen-bond donors (Lipinski definition) is 1. The third-order valence-corrected chi connectivity index (χ3v) is 5.25. The standard InChI is InChI=1S/C7H14N2.C2HF6NO4S2/c1-3-4-9-6-5-8(2)7-9;3-1(4,5)14(10,11)9-15(12,13)2(6,7)8/h5-6H,3-4,7H2,1-2H3;9H. The predicted molar refractivity (Wildman–Crippen MR) is 71.9 cm³/mol. The molecule has 0 aromatic rings. The maximum atomic E-state index is 11.5. The molecule has 0 radical (unpaired) electrons. The molecule has 0 aromatic carbocycles. The Kier molecular flexibility index (Phi) is 7.38. The van der Waals surface area contributed by atoms with E-state index in [-0.39, 0.29) is 0 Å². The van der Waals surface area contributed by atoms with E-state index in [0.717, 1.165) is 6.67 Å². The number of sulfonamides is 2. The van der Waals surface area contributed by atoms with Crippen molar-refractivity contribution in [2.75, 3.05) is 20.3 Å². The van der Waals surface area contributed by atoms with Crippen molar-refractivity contribution in [2.24, 2.45) is 0 Å². The van der Waals surface area contributed by atoms with Crippen LogP contribution < -0.4 is 4.13 Å². The number of nitrogens with zero attached hydrogens (tertiary/aromatic N) is 2. The van der Waals surface area contributed by atoms with Crippen molar-refractivity contribution < 1.29 is 43.2 Å². The topological polar surface area (TPSA) is 86.8 Å². The van der Waals surface area contributed by atoms with E-state index in [1.165, 1.54) is 13.0 Å². The van der Waals surface area contributed by atoms with E-state index in [2.05, 4.69) is 36.2 Å². The molecule has 1 heterocycles. The molecule has 0 aromatic heterocycles. The Hall–Kier alpha value is -1.22. The van der Waals surface area contributed by atoms with Crippen LogP contribution in [0, 0.1) is 0 Å². The lowest BCUT2D eigenvalue weighted by atomic mass is 10.4. The summed E-state index contributed by atoms with van der Waals surface area (Å²) >= 11 is 0. The van der Waals surface area contributed by atoms with Crippen molar-refractivity contribution in [1.82, 2.24) is 13.9 Å². The molecule has 0 spiro atoms. The van der Waals surface area contributed by atoms with Gasteiger partial charge in [-0.1, -0.05) is 11.1 Å². The van der Waals surface area contributed by atoms with Crippen molar-refractivity contribution in [1.29, 1.82) is 0 Å². The van der Waals surface area contributed by atoms with E-state index in [9.17, 15) is 43.2 Å². The normalized spacial score (nSPS) is 16.2. The molecule has 0 saturated heterocycles.